The van der Waals surface area contributed by atoms with Gasteiger partial charge in [-0.3, -0.25) is 0 Å². The fourth-order valence-corrected chi connectivity index (χ4v) is 3.75. The Morgan fingerprint density at radius 2 is 2.11 bits per heavy atom. The van der Waals surface area contributed by atoms with Gasteiger partial charge in [0.15, 0.2) is 0 Å². The lowest BCUT2D eigenvalue weighted by molar-refractivity contribution is 0.0661. The number of piperidine rings is 1. The Balaban J connectivity index is 1.87. The molecular formula is C11H23N3O3S. The smallest absolute Gasteiger partial charge is 0.279 e. The van der Waals surface area contributed by atoms with Gasteiger partial charge in [-0.25, -0.2) is 0 Å². The van der Waals surface area contributed by atoms with E-state index in [4.69, 9.17) is 0 Å². The average Bonchev–Trinajstić information content (AvgIpc) is 2.75. The maximum atomic E-state index is 12.1. The van der Waals surface area contributed by atoms with Gasteiger partial charge in [-0.1, -0.05) is 6.92 Å². The molecule has 3 N–H and O–H groups in total. The summed E-state index contributed by atoms with van der Waals surface area (Å²) in [6.07, 6.45) is 2.41. The van der Waals surface area contributed by atoms with E-state index in [1.54, 1.807) is 0 Å². The van der Waals surface area contributed by atoms with Crippen molar-refractivity contribution in [3.05, 3.63) is 0 Å². The molecule has 2 rings (SSSR count). The monoisotopic (exact) mass is 277 g/mol. The summed E-state index contributed by atoms with van der Waals surface area (Å²) >= 11 is 0. The van der Waals surface area contributed by atoms with Gasteiger partial charge in [0.25, 0.3) is 10.2 Å². The Morgan fingerprint density at radius 1 is 1.44 bits per heavy atom. The molecule has 0 aromatic heterocycles. The fraction of sp³-hybridized carbons (Fsp3) is 1.00. The van der Waals surface area contributed by atoms with Crippen LogP contribution in [0.1, 0.15) is 26.2 Å². The van der Waals surface area contributed by atoms with E-state index in [-0.39, 0.29) is 6.54 Å². The fourth-order valence-electron chi connectivity index (χ4n) is 2.42. The minimum atomic E-state index is -3.44. The van der Waals surface area contributed by atoms with Crippen molar-refractivity contribution in [3.8, 4) is 0 Å². The maximum absolute atomic E-state index is 12.1. The van der Waals surface area contributed by atoms with Crippen LogP contribution in [-0.2, 0) is 10.2 Å². The average molecular weight is 277 g/mol. The van der Waals surface area contributed by atoms with E-state index in [2.05, 4.69) is 17.0 Å². The third-order valence-corrected chi connectivity index (χ3v) is 5.44. The highest BCUT2D eigenvalue weighted by Crippen LogP contribution is 2.19. The van der Waals surface area contributed by atoms with Gasteiger partial charge in [0.05, 0.1) is 5.60 Å². The predicted molar refractivity (Wildman–Crippen MR) is 69.3 cm³/mol. The van der Waals surface area contributed by atoms with Crippen LogP contribution >= 0.6 is 0 Å². The highest BCUT2D eigenvalue weighted by atomic mass is 32.2. The van der Waals surface area contributed by atoms with Gasteiger partial charge >= 0.3 is 0 Å². The van der Waals surface area contributed by atoms with Crippen LogP contribution in [0.5, 0.6) is 0 Å². The van der Waals surface area contributed by atoms with Gasteiger partial charge in [-0.2, -0.15) is 17.4 Å². The third-order valence-electron chi connectivity index (χ3n) is 3.89. The molecule has 7 heteroatoms. The first kappa shape index (κ1) is 14.2. The Labute approximate surface area is 109 Å². The molecule has 0 bridgehead atoms. The zero-order chi connectivity index (χ0) is 13.2. The summed E-state index contributed by atoms with van der Waals surface area (Å²) in [5, 5.41) is 13.1. The lowest BCUT2D eigenvalue weighted by Gasteiger charge is -2.30. The number of β-amino-alcohol motifs (C(OH)–C–C–N with tert-alkyl or cyclic N) is 1. The van der Waals surface area contributed by atoms with Gasteiger partial charge < -0.3 is 10.4 Å². The quantitative estimate of drug-likeness (QED) is 0.633. The molecule has 2 aliphatic rings. The summed E-state index contributed by atoms with van der Waals surface area (Å²) < 4.78 is 28.2. The molecule has 106 valence electrons. The molecule has 0 saturated carbocycles. The summed E-state index contributed by atoms with van der Waals surface area (Å²) in [7, 11) is -3.44. The van der Waals surface area contributed by atoms with Gasteiger partial charge in [0, 0.05) is 26.2 Å². The maximum Gasteiger partial charge on any atom is 0.279 e. The van der Waals surface area contributed by atoms with Crippen LogP contribution in [0.2, 0.25) is 0 Å². The zero-order valence-corrected chi connectivity index (χ0v) is 11.7. The van der Waals surface area contributed by atoms with Gasteiger partial charge in [0.2, 0.25) is 0 Å². The molecule has 0 aromatic carbocycles. The standard InChI is InChI=1S/C11H23N3O3S/c1-10-2-6-14(7-3-10)18(16,17)13-9-11(15)4-5-12-8-11/h10,12-13,15H,2-9H2,1H3. The van der Waals surface area contributed by atoms with Gasteiger partial charge in [-0.05, 0) is 31.7 Å². The lowest BCUT2D eigenvalue weighted by Crippen LogP contribution is -2.50. The molecule has 18 heavy (non-hydrogen) atoms. The molecule has 0 aliphatic carbocycles. The SMILES string of the molecule is CC1CCN(S(=O)(=O)NCC2(O)CCNC2)CC1. The number of rotatable bonds is 4. The topological polar surface area (TPSA) is 81.7 Å². The molecule has 0 radical (unpaired) electrons. The van der Waals surface area contributed by atoms with Crippen molar-refractivity contribution in [3.63, 3.8) is 0 Å². The molecule has 1 unspecified atom stereocenters. The van der Waals surface area contributed by atoms with Crippen molar-refractivity contribution in [2.24, 2.45) is 5.92 Å². The van der Waals surface area contributed by atoms with Crippen molar-refractivity contribution in [2.75, 3.05) is 32.7 Å². The highest BCUT2D eigenvalue weighted by molar-refractivity contribution is 7.87. The number of nitrogens with one attached hydrogen (secondary N) is 2. The Morgan fingerprint density at radius 3 is 2.67 bits per heavy atom. The zero-order valence-electron chi connectivity index (χ0n) is 10.9. The van der Waals surface area contributed by atoms with Crippen LogP contribution in [0.3, 0.4) is 0 Å². The molecule has 0 amide bonds. The van der Waals surface area contributed by atoms with Crippen LogP contribution in [0, 0.1) is 5.92 Å². The van der Waals surface area contributed by atoms with Crippen molar-refractivity contribution in [2.45, 2.75) is 31.8 Å². The normalized spacial score (nSPS) is 31.9. The van der Waals surface area contributed by atoms with E-state index < -0.39 is 15.8 Å². The van der Waals surface area contributed by atoms with E-state index in [0.717, 1.165) is 19.4 Å². The third kappa shape index (κ3) is 3.42. The second-order valence-corrected chi connectivity index (χ2v) is 7.31. The van der Waals surface area contributed by atoms with Crippen molar-refractivity contribution in [1.29, 1.82) is 0 Å². The predicted octanol–water partition coefficient (Wildman–Crippen LogP) is -0.723. The first-order valence-electron chi connectivity index (χ1n) is 6.59. The second-order valence-electron chi connectivity index (χ2n) is 5.56. The molecule has 0 spiro atoms. The Kier molecular flexibility index (Phi) is 4.28. The van der Waals surface area contributed by atoms with Crippen molar-refractivity contribution < 1.29 is 13.5 Å². The van der Waals surface area contributed by atoms with Gasteiger partial charge in [0.1, 0.15) is 0 Å². The van der Waals surface area contributed by atoms with E-state index in [1.165, 1.54) is 4.31 Å². The van der Waals surface area contributed by atoms with Crippen LogP contribution < -0.4 is 10.0 Å². The Hall–Kier alpha value is -0.210. The van der Waals surface area contributed by atoms with Crippen LogP contribution in [0.15, 0.2) is 0 Å². The first-order chi connectivity index (χ1) is 8.41. The van der Waals surface area contributed by atoms with Crippen LogP contribution in [0.4, 0.5) is 0 Å². The summed E-state index contributed by atoms with van der Waals surface area (Å²) in [6, 6.07) is 0. The van der Waals surface area contributed by atoms with Crippen molar-refractivity contribution >= 4 is 10.2 Å². The molecule has 1 atom stereocenters. The van der Waals surface area contributed by atoms with E-state index in [0.29, 0.717) is 32.0 Å². The number of hydrogen-bond donors (Lipinski definition) is 3. The van der Waals surface area contributed by atoms with E-state index in [1.807, 2.05) is 0 Å². The number of nitrogens with zero attached hydrogens (tertiary/aromatic N) is 1. The number of aliphatic hydroxyl groups is 1. The molecule has 0 aromatic rings. The largest absolute Gasteiger partial charge is 0.387 e. The molecule has 2 aliphatic heterocycles. The van der Waals surface area contributed by atoms with Crippen molar-refractivity contribution in [1.82, 2.24) is 14.3 Å². The van der Waals surface area contributed by atoms with E-state index in [9.17, 15) is 13.5 Å². The number of hydrogen-bond acceptors (Lipinski definition) is 4. The Bertz CT molecular complexity index is 371. The summed E-state index contributed by atoms with van der Waals surface area (Å²) in [5.74, 6) is 0.597. The summed E-state index contributed by atoms with van der Waals surface area (Å²) in [4.78, 5) is 0. The highest BCUT2D eigenvalue weighted by Gasteiger charge is 2.34. The molecule has 2 fully saturated rings. The molecule has 6 nitrogen and oxygen atoms in total. The molecule has 2 saturated heterocycles. The second kappa shape index (κ2) is 5.42. The summed E-state index contributed by atoms with van der Waals surface area (Å²) in [6.45, 7) is 4.57. The lowest BCUT2D eigenvalue weighted by atomic mass is 10.0. The van der Waals surface area contributed by atoms with Crippen LogP contribution in [-0.4, -0.2) is 56.2 Å². The minimum Gasteiger partial charge on any atom is -0.387 e. The van der Waals surface area contributed by atoms with E-state index >= 15 is 0 Å². The summed E-state index contributed by atoms with van der Waals surface area (Å²) in [5.41, 5.74) is -0.934. The minimum absolute atomic E-state index is 0.0917. The molecule has 2 heterocycles. The van der Waals surface area contributed by atoms with Crippen LogP contribution in [0.25, 0.3) is 0 Å². The molecular weight excluding hydrogens is 254 g/mol. The van der Waals surface area contributed by atoms with Gasteiger partial charge in [-0.15, -0.1) is 0 Å². The first-order valence-corrected chi connectivity index (χ1v) is 8.03.